The van der Waals surface area contributed by atoms with E-state index < -0.39 is 11.6 Å². The van der Waals surface area contributed by atoms with Crippen molar-refractivity contribution in [2.24, 2.45) is 0 Å². The van der Waals surface area contributed by atoms with Gasteiger partial charge in [0.15, 0.2) is 0 Å². The van der Waals surface area contributed by atoms with E-state index in [1.807, 2.05) is 12.1 Å². The lowest BCUT2D eigenvalue weighted by Gasteiger charge is -2.18. The Morgan fingerprint density at radius 1 is 1.17 bits per heavy atom. The molecule has 0 saturated carbocycles. The minimum atomic E-state index is -0.616. The number of rotatable bonds is 2. The number of furan rings is 1. The number of nitrogen functional groups attached to an aromatic ring is 1. The lowest BCUT2D eigenvalue weighted by Crippen LogP contribution is -2.24. The number of nitrogens with two attached hydrogens (primary N) is 1. The summed E-state index contributed by atoms with van der Waals surface area (Å²) in [7, 11) is 0. The van der Waals surface area contributed by atoms with E-state index in [9.17, 15) is 4.79 Å². The number of benzene rings is 1. The Morgan fingerprint density at radius 3 is 2.52 bits per heavy atom. The van der Waals surface area contributed by atoms with E-state index in [-0.39, 0.29) is 11.4 Å². The second-order valence-electron chi connectivity index (χ2n) is 6.18. The molecule has 1 aromatic carbocycles. The molecule has 6 heteroatoms. The van der Waals surface area contributed by atoms with Gasteiger partial charge in [-0.15, -0.1) is 0 Å². The number of carbonyl (C=O) groups excluding carboxylic acids is 1. The summed E-state index contributed by atoms with van der Waals surface area (Å²) in [5.41, 5.74) is 7.94. The van der Waals surface area contributed by atoms with Crippen molar-refractivity contribution in [1.82, 2.24) is 9.97 Å². The standard InChI is InChI=1S/C17H17N3O3/c1-17(2,3)23-16(21)15-14(18)12-5-4-10(6-13(12)22-15)11-7-19-9-20-8-11/h4-9H,18H2,1-3H3. The highest BCUT2D eigenvalue weighted by Gasteiger charge is 2.24. The second-order valence-corrected chi connectivity index (χ2v) is 6.18. The van der Waals surface area contributed by atoms with Gasteiger partial charge in [0.05, 0.1) is 5.69 Å². The molecule has 3 rings (SSSR count). The van der Waals surface area contributed by atoms with Gasteiger partial charge in [-0.2, -0.15) is 0 Å². The average Bonchev–Trinajstić information content (AvgIpc) is 2.83. The summed E-state index contributed by atoms with van der Waals surface area (Å²) in [6.45, 7) is 5.37. The maximum absolute atomic E-state index is 12.2. The van der Waals surface area contributed by atoms with Gasteiger partial charge in [0.25, 0.3) is 0 Å². The van der Waals surface area contributed by atoms with Gasteiger partial charge in [-0.05, 0) is 38.5 Å². The topological polar surface area (TPSA) is 91.2 Å². The van der Waals surface area contributed by atoms with Crippen molar-refractivity contribution < 1.29 is 13.9 Å². The van der Waals surface area contributed by atoms with Crippen LogP contribution in [0.1, 0.15) is 31.3 Å². The molecule has 0 saturated heterocycles. The van der Waals surface area contributed by atoms with Gasteiger partial charge in [-0.25, -0.2) is 14.8 Å². The molecule has 0 fully saturated rings. The molecule has 0 bridgehead atoms. The molecule has 0 amide bonds. The van der Waals surface area contributed by atoms with Crippen LogP contribution in [0.25, 0.3) is 22.1 Å². The molecular weight excluding hydrogens is 294 g/mol. The Bertz CT molecular complexity index is 864. The summed E-state index contributed by atoms with van der Waals surface area (Å²) < 4.78 is 10.9. The van der Waals surface area contributed by atoms with Crippen LogP contribution in [0.3, 0.4) is 0 Å². The van der Waals surface area contributed by atoms with Crippen LogP contribution in [0, 0.1) is 0 Å². The minimum absolute atomic E-state index is 0.0244. The molecular formula is C17H17N3O3. The van der Waals surface area contributed by atoms with Gasteiger partial charge in [0.1, 0.15) is 17.5 Å². The largest absolute Gasteiger partial charge is 0.454 e. The van der Waals surface area contributed by atoms with Gasteiger partial charge in [0, 0.05) is 23.3 Å². The number of nitrogens with zero attached hydrogens (tertiary/aromatic N) is 2. The fourth-order valence-electron chi connectivity index (χ4n) is 2.22. The van der Waals surface area contributed by atoms with Gasteiger partial charge >= 0.3 is 5.97 Å². The second kappa shape index (κ2) is 5.39. The molecule has 23 heavy (non-hydrogen) atoms. The molecule has 118 valence electrons. The van der Waals surface area contributed by atoms with Crippen molar-refractivity contribution in [1.29, 1.82) is 0 Å². The zero-order valence-electron chi connectivity index (χ0n) is 13.2. The number of fused-ring (bicyclic) bond motifs is 1. The molecule has 2 aromatic heterocycles. The minimum Gasteiger partial charge on any atom is -0.454 e. The molecule has 0 aliphatic heterocycles. The van der Waals surface area contributed by atoms with E-state index in [1.165, 1.54) is 6.33 Å². The highest BCUT2D eigenvalue weighted by Crippen LogP contribution is 2.32. The van der Waals surface area contributed by atoms with E-state index in [2.05, 4.69) is 9.97 Å². The number of ether oxygens (including phenoxy) is 1. The van der Waals surface area contributed by atoms with Crippen molar-refractivity contribution in [2.75, 3.05) is 5.73 Å². The molecule has 2 heterocycles. The number of aromatic nitrogens is 2. The highest BCUT2D eigenvalue weighted by atomic mass is 16.6. The molecule has 2 N–H and O–H groups in total. The first-order chi connectivity index (χ1) is 10.8. The molecule has 0 radical (unpaired) electrons. The summed E-state index contributed by atoms with van der Waals surface area (Å²) in [6, 6.07) is 5.49. The third kappa shape index (κ3) is 3.01. The highest BCUT2D eigenvalue weighted by molar-refractivity contribution is 6.04. The van der Waals surface area contributed by atoms with Crippen molar-refractivity contribution >= 4 is 22.6 Å². The first-order valence-electron chi connectivity index (χ1n) is 7.16. The number of carbonyl (C=O) groups is 1. The van der Waals surface area contributed by atoms with E-state index >= 15 is 0 Å². The molecule has 0 aliphatic carbocycles. The molecule has 0 spiro atoms. The number of hydrogen-bond donors (Lipinski definition) is 1. The Kier molecular flexibility index (Phi) is 3.52. The lowest BCUT2D eigenvalue weighted by atomic mass is 10.1. The Hall–Kier alpha value is -2.89. The van der Waals surface area contributed by atoms with E-state index in [0.29, 0.717) is 11.0 Å². The van der Waals surface area contributed by atoms with E-state index in [0.717, 1.165) is 11.1 Å². The van der Waals surface area contributed by atoms with Crippen molar-refractivity contribution in [3.8, 4) is 11.1 Å². The smallest absolute Gasteiger partial charge is 0.377 e. The lowest BCUT2D eigenvalue weighted by molar-refractivity contribution is 0.00398. The molecule has 0 aliphatic rings. The fourth-order valence-corrected chi connectivity index (χ4v) is 2.22. The van der Waals surface area contributed by atoms with Crippen LogP contribution < -0.4 is 5.73 Å². The van der Waals surface area contributed by atoms with Crippen molar-refractivity contribution in [3.63, 3.8) is 0 Å². The van der Waals surface area contributed by atoms with E-state index in [4.69, 9.17) is 14.9 Å². The van der Waals surface area contributed by atoms with Crippen LogP contribution >= 0.6 is 0 Å². The monoisotopic (exact) mass is 311 g/mol. The van der Waals surface area contributed by atoms with Crippen LogP contribution in [0.4, 0.5) is 5.69 Å². The van der Waals surface area contributed by atoms with Crippen molar-refractivity contribution in [2.45, 2.75) is 26.4 Å². The first kappa shape index (κ1) is 15.0. The predicted molar refractivity (Wildman–Crippen MR) is 86.8 cm³/mol. The number of anilines is 1. The van der Waals surface area contributed by atoms with E-state index in [1.54, 1.807) is 39.2 Å². The number of esters is 1. The average molecular weight is 311 g/mol. The summed E-state index contributed by atoms with van der Waals surface area (Å²) in [5, 5.41) is 0.673. The predicted octanol–water partition coefficient (Wildman–Crippen LogP) is 3.43. The summed E-state index contributed by atoms with van der Waals surface area (Å²) in [6.07, 6.45) is 4.87. The van der Waals surface area contributed by atoms with Gasteiger partial charge < -0.3 is 14.9 Å². The zero-order valence-corrected chi connectivity index (χ0v) is 13.2. The number of hydrogen-bond acceptors (Lipinski definition) is 6. The maximum atomic E-state index is 12.2. The fraction of sp³-hybridized carbons (Fsp3) is 0.235. The SMILES string of the molecule is CC(C)(C)OC(=O)c1oc2cc(-c3cncnc3)ccc2c1N. The maximum Gasteiger partial charge on any atom is 0.377 e. The van der Waals surface area contributed by atoms with Crippen molar-refractivity contribution in [3.05, 3.63) is 42.7 Å². The Balaban J connectivity index is 2.03. The Labute approximate surface area is 133 Å². The van der Waals surface area contributed by atoms with Crippen LogP contribution in [0.2, 0.25) is 0 Å². The first-order valence-corrected chi connectivity index (χ1v) is 7.16. The normalized spacial score (nSPS) is 11.6. The quantitative estimate of drug-likeness (QED) is 0.729. The van der Waals surface area contributed by atoms with Crippen LogP contribution in [0.5, 0.6) is 0 Å². The third-order valence-corrected chi connectivity index (χ3v) is 3.21. The zero-order chi connectivity index (χ0) is 16.6. The van der Waals surface area contributed by atoms with Crippen LogP contribution in [-0.4, -0.2) is 21.5 Å². The molecule has 3 aromatic rings. The third-order valence-electron chi connectivity index (χ3n) is 3.21. The van der Waals surface area contributed by atoms with Crippen LogP contribution in [-0.2, 0) is 4.74 Å². The van der Waals surface area contributed by atoms with Gasteiger partial charge in [-0.3, -0.25) is 0 Å². The molecule has 0 unspecified atom stereocenters. The Morgan fingerprint density at radius 2 is 1.87 bits per heavy atom. The summed E-state index contributed by atoms with van der Waals surface area (Å²) >= 11 is 0. The summed E-state index contributed by atoms with van der Waals surface area (Å²) in [5.74, 6) is -0.549. The molecule has 6 nitrogen and oxygen atoms in total. The van der Waals surface area contributed by atoms with Gasteiger partial charge in [-0.1, -0.05) is 6.07 Å². The van der Waals surface area contributed by atoms with Gasteiger partial charge in [0.2, 0.25) is 5.76 Å². The molecule has 0 atom stereocenters. The summed E-state index contributed by atoms with van der Waals surface area (Å²) in [4.78, 5) is 20.2. The van der Waals surface area contributed by atoms with Crippen LogP contribution in [0.15, 0.2) is 41.3 Å².